The molecule has 0 heterocycles. The third-order valence-electron chi connectivity index (χ3n) is 0. The van der Waals surface area contributed by atoms with Crippen LogP contribution in [0.15, 0.2) is 0 Å². The fourth-order valence-electron chi connectivity index (χ4n) is 0. The van der Waals surface area contributed by atoms with Crippen LogP contribution in [0.3, 0.4) is 0 Å². The predicted molar refractivity (Wildman–Crippen MR) is 10.7 cm³/mol. The van der Waals surface area contributed by atoms with Crippen molar-refractivity contribution in [3.63, 3.8) is 0 Å². The van der Waals surface area contributed by atoms with Gasteiger partial charge >= 0.3 is 34.1 Å². The van der Waals surface area contributed by atoms with Crippen molar-refractivity contribution in [2.24, 2.45) is 0 Å². The number of carboxylic acids is 1. The maximum Gasteiger partial charge on any atom is 2.00 e. The van der Waals surface area contributed by atoms with Crippen molar-refractivity contribution in [3.05, 3.63) is 0 Å². The second-order valence-electron chi connectivity index (χ2n) is 0.492. The number of hydrogen-bond donors (Lipinski definition) is 0. The second-order valence-corrected chi connectivity index (χ2v) is 0.492. The molecule has 0 aliphatic rings. The van der Waals surface area contributed by atoms with Crippen molar-refractivity contribution in [2.45, 2.75) is 6.92 Å². The van der Waals surface area contributed by atoms with Gasteiger partial charge in [-0.15, -0.1) is 0 Å². The number of aliphatic carboxylic acids is 1. The second kappa shape index (κ2) is 15.8. The molecule has 0 rings (SSSR count). The molecule has 7 heavy (non-hydrogen) atoms. The van der Waals surface area contributed by atoms with E-state index in [-0.39, 0.29) is 46.5 Å². The van der Waals surface area contributed by atoms with E-state index >= 15 is 0 Å². The first kappa shape index (κ1) is 25.0. The summed E-state index contributed by atoms with van der Waals surface area (Å²) in [6.07, 6.45) is 0. The molecule has 2 nitrogen and oxygen atoms in total. The van der Waals surface area contributed by atoms with Gasteiger partial charge in [0, 0.05) is 5.97 Å². The first-order chi connectivity index (χ1) is 1.73. The van der Waals surface area contributed by atoms with Crippen LogP contribution in [0.1, 0.15) is 6.92 Å². The van der Waals surface area contributed by atoms with Crippen LogP contribution in [0.5, 0.6) is 0 Å². The summed E-state index contributed by atoms with van der Waals surface area (Å²) in [5, 5.41) is 8.89. The molecule has 5 heteroatoms. The number of rotatable bonds is 0. The Bertz CT molecular complexity index is 36.7. The molecular formula is C2H3ClMn2O2+2. The van der Waals surface area contributed by atoms with Crippen LogP contribution in [0.2, 0.25) is 0 Å². The minimum Gasteiger partial charge on any atom is -1.00 e. The van der Waals surface area contributed by atoms with E-state index in [1.807, 2.05) is 0 Å². The molecule has 0 bridgehead atoms. The quantitative estimate of drug-likeness (QED) is 0.375. The van der Waals surface area contributed by atoms with Crippen molar-refractivity contribution in [1.82, 2.24) is 0 Å². The summed E-state index contributed by atoms with van der Waals surface area (Å²) >= 11 is 0. The van der Waals surface area contributed by atoms with Crippen LogP contribution < -0.4 is 17.5 Å². The Hall–Kier alpha value is 0.799. The molecule has 0 saturated heterocycles. The largest absolute Gasteiger partial charge is 2.00 e. The number of halogens is 1. The maximum absolute atomic E-state index is 8.89. The van der Waals surface area contributed by atoms with Crippen molar-refractivity contribution in [3.8, 4) is 0 Å². The van der Waals surface area contributed by atoms with Crippen LogP contribution in [0.4, 0.5) is 0 Å². The minimum atomic E-state index is -1.08. The molecule has 0 amide bonds. The van der Waals surface area contributed by atoms with Crippen molar-refractivity contribution in [1.29, 1.82) is 0 Å². The standard InChI is InChI=1S/C2H4O2.ClH.2Mn/c1-2(3)4;;;/h1H3,(H,3,4);1H;;/q;;2*+2/p-2. The molecule has 0 N–H and O–H groups in total. The summed E-state index contributed by atoms with van der Waals surface area (Å²) in [6, 6.07) is 0. The Morgan fingerprint density at radius 3 is 1.43 bits per heavy atom. The van der Waals surface area contributed by atoms with E-state index in [0.717, 1.165) is 6.92 Å². The van der Waals surface area contributed by atoms with E-state index in [9.17, 15) is 0 Å². The molecule has 0 aromatic heterocycles. The average Bonchev–Trinajstić information content (AvgIpc) is 0.811. The molecule has 0 aromatic rings. The number of carboxylic acid groups (broad SMARTS) is 1. The molecule has 0 aromatic carbocycles. The Kier molecular flexibility index (Phi) is 56.5. The molecule has 2 radical (unpaired) electrons. The Balaban J connectivity index is -0.0000000150. The van der Waals surface area contributed by atoms with E-state index in [0.29, 0.717) is 0 Å². The normalized spacial score (nSPS) is 3.57. The fourth-order valence-corrected chi connectivity index (χ4v) is 0. The van der Waals surface area contributed by atoms with Crippen LogP contribution in [0.25, 0.3) is 0 Å². The summed E-state index contributed by atoms with van der Waals surface area (Å²) in [6.45, 7) is 0.972. The Morgan fingerprint density at radius 2 is 1.43 bits per heavy atom. The van der Waals surface area contributed by atoms with Gasteiger partial charge in [-0.2, -0.15) is 0 Å². The topological polar surface area (TPSA) is 40.1 Å². The van der Waals surface area contributed by atoms with Crippen molar-refractivity contribution >= 4 is 5.97 Å². The zero-order valence-electron chi connectivity index (χ0n) is 3.45. The summed E-state index contributed by atoms with van der Waals surface area (Å²) in [5.74, 6) is -1.08. The SMILES string of the molecule is CC(=O)[O-].[Cl-].[Mn+2].[Mn+2]. The predicted octanol–water partition coefficient (Wildman–Crippen LogP) is -4.24. The summed E-state index contributed by atoms with van der Waals surface area (Å²) in [4.78, 5) is 8.89. The summed E-state index contributed by atoms with van der Waals surface area (Å²) in [7, 11) is 0. The number of hydrogen-bond acceptors (Lipinski definition) is 2. The van der Waals surface area contributed by atoms with Gasteiger partial charge in [0.05, 0.1) is 0 Å². The Labute approximate surface area is 69.4 Å². The molecule has 42 valence electrons. The molecular weight excluding hydrogens is 201 g/mol. The van der Waals surface area contributed by atoms with E-state index in [4.69, 9.17) is 9.90 Å². The Morgan fingerprint density at radius 1 is 1.43 bits per heavy atom. The van der Waals surface area contributed by atoms with Crippen LogP contribution in [-0.2, 0) is 38.9 Å². The van der Waals surface area contributed by atoms with E-state index < -0.39 is 5.97 Å². The van der Waals surface area contributed by atoms with Crippen LogP contribution in [0, 0.1) is 0 Å². The van der Waals surface area contributed by atoms with Gasteiger partial charge in [0.15, 0.2) is 0 Å². The van der Waals surface area contributed by atoms with Gasteiger partial charge in [0.2, 0.25) is 0 Å². The van der Waals surface area contributed by atoms with E-state index in [2.05, 4.69) is 0 Å². The number of carbonyl (C=O) groups excluding carboxylic acids is 1. The maximum atomic E-state index is 8.89. The van der Waals surface area contributed by atoms with Crippen LogP contribution >= 0.6 is 0 Å². The van der Waals surface area contributed by atoms with Gasteiger partial charge in [-0.05, 0) is 6.92 Å². The molecule has 0 aliphatic carbocycles. The van der Waals surface area contributed by atoms with Crippen molar-refractivity contribution in [2.75, 3.05) is 0 Å². The van der Waals surface area contributed by atoms with Gasteiger partial charge < -0.3 is 22.3 Å². The summed E-state index contributed by atoms with van der Waals surface area (Å²) in [5.41, 5.74) is 0. The third-order valence-corrected chi connectivity index (χ3v) is 0. The smallest absolute Gasteiger partial charge is 1.00 e. The van der Waals surface area contributed by atoms with Gasteiger partial charge in [-0.25, -0.2) is 0 Å². The molecule has 0 atom stereocenters. The molecule has 0 unspecified atom stereocenters. The number of carbonyl (C=O) groups is 1. The fraction of sp³-hybridized carbons (Fsp3) is 0.500. The van der Waals surface area contributed by atoms with Gasteiger partial charge in [-0.1, -0.05) is 0 Å². The zero-order chi connectivity index (χ0) is 3.58. The molecule has 0 spiro atoms. The van der Waals surface area contributed by atoms with Gasteiger partial charge in [0.25, 0.3) is 0 Å². The van der Waals surface area contributed by atoms with E-state index in [1.54, 1.807) is 0 Å². The zero-order valence-corrected chi connectivity index (χ0v) is 6.57. The first-order valence-corrected chi connectivity index (χ1v) is 0.908. The van der Waals surface area contributed by atoms with Crippen LogP contribution in [-0.4, -0.2) is 5.97 Å². The molecule has 0 fully saturated rings. The summed E-state index contributed by atoms with van der Waals surface area (Å²) < 4.78 is 0. The first-order valence-electron chi connectivity index (χ1n) is 0.908. The van der Waals surface area contributed by atoms with E-state index in [1.165, 1.54) is 0 Å². The van der Waals surface area contributed by atoms with Gasteiger partial charge in [0.1, 0.15) is 0 Å². The van der Waals surface area contributed by atoms with Crippen molar-refractivity contribution < 1.29 is 56.4 Å². The monoisotopic (exact) mass is 204 g/mol. The molecule has 0 saturated carbocycles. The minimum absolute atomic E-state index is 0. The van der Waals surface area contributed by atoms with Gasteiger partial charge in [-0.3, -0.25) is 0 Å². The average molecular weight is 204 g/mol. The third kappa shape index (κ3) is 245. The molecule has 0 aliphatic heterocycles.